The average Bonchev–Trinajstić information content (AvgIpc) is 2.97. The first-order chi connectivity index (χ1) is 10.4. The minimum atomic E-state index is -0.109. The highest BCUT2D eigenvalue weighted by Gasteiger charge is 2.14. The van der Waals surface area contributed by atoms with Gasteiger partial charge in [-0.05, 0) is 11.6 Å². The summed E-state index contributed by atoms with van der Waals surface area (Å²) < 4.78 is 5.37. The molecular formula is C18H15NO2. The molecule has 1 aromatic heterocycles. The lowest BCUT2D eigenvalue weighted by atomic mass is 10.1. The molecule has 3 heteroatoms. The van der Waals surface area contributed by atoms with Crippen molar-refractivity contribution in [1.82, 2.24) is 5.16 Å². The van der Waals surface area contributed by atoms with Crippen molar-refractivity contribution in [2.45, 2.75) is 6.61 Å². The van der Waals surface area contributed by atoms with Gasteiger partial charge in [0, 0.05) is 5.56 Å². The summed E-state index contributed by atoms with van der Waals surface area (Å²) in [7, 11) is 0. The highest BCUT2D eigenvalue weighted by Crippen LogP contribution is 2.26. The summed E-state index contributed by atoms with van der Waals surface area (Å²) >= 11 is 0. The number of rotatable bonds is 4. The first kappa shape index (κ1) is 13.3. The molecule has 0 unspecified atom stereocenters. The number of aromatic nitrogens is 1. The molecule has 0 spiro atoms. The van der Waals surface area contributed by atoms with Gasteiger partial charge in [-0.15, -0.1) is 0 Å². The predicted molar refractivity (Wildman–Crippen MR) is 83.2 cm³/mol. The van der Waals surface area contributed by atoms with E-state index >= 15 is 0 Å². The Morgan fingerprint density at radius 1 is 0.905 bits per heavy atom. The topological polar surface area (TPSA) is 46.3 Å². The van der Waals surface area contributed by atoms with Gasteiger partial charge in [-0.1, -0.05) is 71.9 Å². The predicted octanol–water partition coefficient (Wildman–Crippen LogP) is 4.00. The lowest BCUT2D eigenvalue weighted by Crippen LogP contribution is -1.88. The molecular weight excluding hydrogens is 262 g/mol. The molecule has 0 aliphatic carbocycles. The van der Waals surface area contributed by atoms with Crippen molar-refractivity contribution < 1.29 is 9.63 Å². The molecule has 0 bridgehead atoms. The molecule has 3 aromatic rings. The van der Waals surface area contributed by atoms with Crippen LogP contribution < -0.4 is 0 Å². The third-order valence-corrected chi connectivity index (χ3v) is 3.25. The molecule has 0 aliphatic heterocycles. The van der Waals surface area contributed by atoms with E-state index in [2.05, 4.69) is 5.16 Å². The maximum atomic E-state index is 9.61. The van der Waals surface area contributed by atoms with Crippen molar-refractivity contribution in [2.75, 3.05) is 0 Å². The molecule has 3 rings (SSSR count). The molecule has 0 atom stereocenters. The molecule has 0 aliphatic rings. The Hall–Kier alpha value is -2.65. The van der Waals surface area contributed by atoms with Crippen molar-refractivity contribution in [3.8, 4) is 11.3 Å². The van der Waals surface area contributed by atoms with Crippen molar-refractivity contribution in [3.05, 3.63) is 77.6 Å². The van der Waals surface area contributed by atoms with Crippen LogP contribution in [0.1, 0.15) is 16.9 Å². The average molecular weight is 277 g/mol. The molecule has 0 radical (unpaired) electrons. The highest BCUT2D eigenvalue weighted by molar-refractivity contribution is 5.73. The lowest BCUT2D eigenvalue weighted by Gasteiger charge is -1.98. The summed E-state index contributed by atoms with van der Waals surface area (Å²) in [4.78, 5) is 0. The largest absolute Gasteiger partial charge is 0.391 e. The Morgan fingerprint density at radius 3 is 2.24 bits per heavy atom. The summed E-state index contributed by atoms with van der Waals surface area (Å²) in [5.74, 6) is 0.584. The smallest absolute Gasteiger partial charge is 0.165 e. The van der Waals surface area contributed by atoms with Crippen molar-refractivity contribution >= 4 is 12.2 Å². The minimum Gasteiger partial charge on any atom is -0.391 e. The second-order valence-corrected chi connectivity index (χ2v) is 4.64. The van der Waals surface area contributed by atoms with Gasteiger partial charge in [0.25, 0.3) is 0 Å². The van der Waals surface area contributed by atoms with Crippen LogP contribution >= 0.6 is 0 Å². The van der Waals surface area contributed by atoms with Gasteiger partial charge in [-0.3, -0.25) is 0 Å². The van der Waals surface area contributed by atoms with Gasteiger partial charge in [0.1, 0.15) is 5.69 Å². The minimum absolute atomic E-state index is 0.109. The maximum absolute atomic E-state index is 9.61. The molecule has 0 saturated carbocycles. The third kappa shape index (κ3) is 2.93. The fraction of sp³-hybridized carbons (Fsp3) is 0.0556. The van der Waals surface area contributed by atoms with Gasteiger partial charge in [-0.25, -0.2) is 0 Å². The Balaban J connectivity index is 1.94. The van der Waals surface area contributed by atoms with Gasteiger partial charge in [-0.2, -0.15) is 0 Å². The molecule has 1 heterocycles. The van der Waals surface area contributed by atoms with E-state index in [1.165, 1.54) is 0 Å². The van der Waals surface area contributed by atoms with Crippen LogP contribution in [0.3, 0.4) is 0 Å². The summed E-state index contributed by atoms with van der Waals surface area (Å²) in [6.45, 7) is -0.109. The first-order valence-corrected chi connectivity index (χ1v) is 6.76. The molecule has 21 heavy (non-hydrogen) atoms. The lowest BCUT2D eigenvalue weighted by molar-refractivity contribution is 0.280. The fourth-order valence-corrected chi connectivity index (χ4v) is 2.16. The fourth-order valence-electron chi connectivity index (χ4n) is 2.16. The van der Waals surface area contributed by atoms with E-state index in [1.54, 1.807) is 0 Å². The van der Waals surface area contributed by atoms with Gasteiger partial charge >= 0.3 is 0 Å². The first-order valence-electron chi connectivity index (χ1n) is 6.76. The number of aliphatic hydroxyl groups is 1. The van der Waals surface area contributed by atoms with E-state index in [0.29, 0.717) is 17.0 Å². The zero-order valence-corrected chi connectivity index (χ0v) is 11.4. The molecule has 2 aromatic carbocycles. The van der Waals surface area contributed by atoms with E-state index in [-0.39, 0.29) is 6.61 Å². The Bertz CT molecular complexity index is 730. The van der Waals surface area contributed by atoms with E-state index in [1.807, 2.05) is 72.8 Å². The highest BCUT2D eigenvalue weighted by atomic mass is 16.5. The molecule has 104 valence electrons. The maximum Gasteiger partial charge on any atom is 0.165 e. The van der Waals surface area contributed by atoms with Crippen LogP contribution in [-0.2, 0) is 6.61 Å². The quantitative estimate of drug-likeness (QED) is 0.784. The normalized spacial score (nSPS) is 11.1. The summed E-state index contributed by atoms with van der Waals surface area (Å²) in [5.41, 5.74) is 3.39. The van der Waals surface area contributed by atoms with Crippen LogP contribution in [0.4, 0.5) is 0 Å². The van der Waals surface area contributed by atoms with Gasteiger partial charge < -0.3 is 9.63 Å². The standard InChI is InChI=1S/C18H15NO2/c20-13-16-17(12-11-14-7-3-1-4-8-14)21-19-18(16)15-9-5-2-6-10-15/h1-12,20H,13H2. The van der Waals surface area contributed by atoms with E-state index in [4.69, 9.17) is 4.52 Å². The summed E-state index contributed by atoms with van der Waals surface area (Å²) in [5, 5.41) is 13.7. The molecule has 3 nitrogen and oxygen atoms in total. The monoisotopic (exact) mass is 277 g/mol. The molecule has 0 amide bonds. The van der Waals surface area contributed by atoms with Crippen LogP contribution in [0.5, 0.6) is 0 Å². The molecule has 1 N–H and O–H groups in total. The van der Waals surface area contributed by atoms with Gasteiger partial charge in [0.2, 0.25) is 0 Å². The molecule has 0 saturated heterocycles. The number of hydrogen-bond acceptors (Lipinski definition) is 3. The SMILES string of the molecule is OCc1c(-c2ccccc2)noc1C=Cc1ccccc1. The Labute approximate surface area is 123 Å². The Kier molecular flexibility index (Phi) is 3.94. The number of aliphatic hydroxyl groups excluding tert-OH is 1. The van der Waals surface area contributed by atoms with Gasteiger partial charge in [0.15, 0.2) is 5.76 Å². The Morgan fingerprint density at radius 2 is 1.57 bits per heavy atom. The van der Waals surface area contributed by atoms with E-state index < -0.39 is 0 Å². The van der Waals surface area contributed by atoms with E-state index in [0.717, 1.165) is 11.1 Å². The second-order valence-electron chi connectivity index (χ2n) is 4.64. The zero-order valence-electron chi connectivity index (χ0n) is 11.4. The van der Waals surface area contributed by atoms with Crippen LogP contribution in [-0.4, -0.2) is 10.3 Å². The van der Waals surface area contributed by atoms with Crippen molar-refractivity contribution in [3.63, 3.8) is 0 Å². The van der Waals surface area contributed by atoms with Crippen LogP contribution in [0.2, 0.25) is 0 Å². The van der Waals surface area contributed by atoms with Gasteiger partial charge in [0.05, 0.1) is 12.2 Å². The second kappa shape index (κ2) is 6.20. The zero-order chi connectivity index (χ0) is 14.5. The van der Waals surface area contributed by atoms with E-state index in [9.17, 15) is 5.11 Å². The van der Waals surface area contributed by atoms with Crippen LogP contribution in [0.25, 0.3) is 23.4 Å². The number of benzene rings is 2. The van der Waals surface area contributed by atoms with Crippen LogP contribution in [0.15, 0.2) is 65.2 Å². The number of hydrogen-bond donors (Lipinski definition) is 1. The van der Waals surface area contributed by atoms with Crippen molar-refractivity contribution in [1.29, 1.82) is 0 Å². The third-order valence-electron chi connectivity index (χ3n) is 3.25. The van der Waals surface area contributed by atoms with Crippen LogP contribution in [0, 0.1) is 0 Å². The van der Waals surface area contributed by atoms with Crippen molar-refractivity contribution in [2.24, 2.45) is 0 Å². The molecule has 0 fully saturated rings. The number of nitrogens with zero attached hydrogens (tertiary/aromatic N) is 1. The summed E-state index contributed by atoms with van der Waals surface area (Å²) in [6.07, 6.45) is 3.77. The summed E-state index contributed by atoms with van der Waals surface area (Å²) in [6, 6.07) is 19.6.